The van der Waals surface area contributed by atoms with E-state index in [0.717, 1.165) is 25.9 Å². The van der Waals surface area contributed by atoms with Gasteiger partial charge < -0.3 is 5.32 Å². The lowest BCUT2D eigenvalue weighted by atomic mass is 10.1. The second-order valence-corrected chi connectivity index (χ2v) is 4.23. The standard InChI is InChI=1S/C13H18N2O/c1-14-13(16)12-8-5-9-15(12)10-11-6-3-2-4-7-11/h2-4,6-7,12H,5,8-10H2,1H3,(H,14,16)/t12-/m1/s1. The number of rotatable bonds is 3. The van der Waals surface area contributed by atoms with Gasteiger partial charge in [-0.1, -0.05) is 30.3 Å². The number of likely N-dealkylation sites (tertiary alicyclic amines) is 1. The highest BCUT2D eigenvalue weighted by Gasteiger charge is 2.29. The molecule has 1 N–H and O–H groups in total. The fourth-order valence-electron chi connectivity index (χ4n) is 2.30. The van der Waals surface area contributed by atoms with E-state index in [4.69, 9.17) is 0 Å². The third-order valence-corrected chi connectivity index (χ3v) is 3.14. The lowest BCUT2D eigenvalue weighted by Crippen LogP contribution is -2.41. The van der Waals surface area contributed by atoms with Crippen molar-refractivity contribution in [3.05, 3.63) is 35.9 Å². The summed E-state index contributed by atoms with van der Waals surface area (Å²) in [6, 6.07) is 10.4. The first kappa shape index (κ1) is 11.1. The van der Waals surface area contributed by atoms with Gasteiger partial charge in [0.25, 0.3) is 0 Å². The summed E-state index contributed by atoms with van der Waals surface area (Å²) in [4.78, 5) is 13.9. The van der Waals surface area contributed by atoms with Crippen molar-refractivity contribution in [1.82, 2.24) is 10.2 Å². The summed E-state index contributed by atoms with van der Waals surface area (Å²) in [6.07, 6.45) is 2.09. The highest BCUT2D eigenvalue weighted by molar-refractivity contribution is 5.81. The molecule has 1 aliphatic rings. The lowest BCUT2D eigenvalue weighted by molar-refractivity contribution is -0.125. The molecule has 16 heavy (non-hydrogen) atoms. The summed E-state index contributed by atoms with van der Waals surface area (Å²) < 4.78 is 0. The fraction of sp³-hybridized carbons (Fsp3) is 0.462. The number of carbonyl (C=O) groups excluding carboxylic acids is 1. The number of amides is 1. The van der Waals surface area contributed by atoms with Crippen LogP contribution in [0.25, 0.3) is 0 Å². The minimum Gasteiger partial charge on any atom is -0.358 e. The summed E-state index contributed by atoms with van der Waals surface area (Å²) in [5, 5.41) is 2.74. The SMILES string of the molecule is CNC(=O)[C@H]1CCCN1Cc1ccccc1. The van der Waals surface area contributed by atoms with E-state index < -0.39 is 0 Å². The molecule has 3 nitrogen and oxygen atoms in total. The number of nitrogens with zero attached hydrogens (tertiary/aromatic N) is 1. The van der Waals surface area contributed by atoms with Gasteiger partial charge in [-0.05, 0) is 24.9 Å². The molecule has 1 fully saturated rings. The highest BCUT2D eigenvalue weighted by Crippen LogP contribution is 2.19. The predicted molar refractivity (Wildman–Crippen MR) is 63.9 cm³/mol. The first-order chi connectivity index (χ1) is 7.81. The van der Waals surface area contributed by atoms with Crippen LogP contribution in [0.3, 0.4) is 0 Å². The van der Waals surface area contributed by atoms with Crippen molar-refractivity contribution in [1.29, 1.82) is 0 Å². The molecule has 0 aromatic heterocycles. The minimum atomic E-state index is 0.0604. The van der Waals surface area contributed by atoms with Crippen molar-refractivity contribution in [3.8, 4) is 0 Å². The van der Waals surface area contributed by atoms with Crippen LogP contribution >= 0.6 is 0 Å². The van der Waals surface area contributed by atoms with Crippen molar-refractivity contribution >= 4 is 5.91 Å². The second kappa shape index (κ2) is 5.12. The topological polar surface area (TPSA) is 32.3 Å². The Hall–Kier alpha value is -1.35. The zero-order valence-corrected chi connectivity index (χ0v) is 9.65. The van der Waals surface area contributed by atoms with Crippen LogP contribution in [0.5, 0.6) is 0 Å². The van der Waals surface area contributed by atoms with Crippen molar-refractivity contribution < 1.29 is 4.79 Å². The molecule has 1 amide bonds. The van der Waals surface area contributed by atoms with Gasteiger partial charge in [0.2, 0.25) is 5.91 Å². The quantitative estimate of drug-likeness (QED) is 0.831. The molecule has 1 aromatic rings. The van der Waals surface area contributed by atoms with E-state index in [1.54, 1.807) is 7.05 Å². The maximum absolute atomic E-state index is 11.7. The summed E-state index contributed by atoms with van der Waals surface area (Å²) in [6.45, 7) is 1.89. The molecule has 1 aromatic carbocycles. The van der Waals surface area contributed by atoms with E-state index in [9.17, 15) is 4.79 Å². The number of hydrogen-bond acceptors (Lipinski definition) is 2. The highest BCUT2D eigenvalue weighted by atomic mass is 16.2. The molecule has 1 saturated heterocycles. The van der Waals surface area contributed by atoms with Gasteiger partial charge in [-0.3, -0.25) is 9.69 Å². The number of likely N-dealkylation sites (N-methyl/N-ethyl adjacent to an activating group) is 1. The number of nitrogens with one attached hydrogen (secondary N) is 1. The average molecular weight is 218 g/mol. The van der Waals surface area contributed by atoms with Crippen LogP contribution in [0.4, 0.5) is 0 Å². The molecule has 0 bridgehead atoms. The average Bonchev–Trinajstić information content (AvgIpc) is 2.77. The summed E-state index contributed by atoms with van der Waals surface area (Å²) in [5.41, 5.74) is 1.28. The van der Waals surface area contributed by atoms with Gasteiger partial charge in [-0.25, -0.2) is 0 Å². The molecule has 2 rings (SSSR count). The smallest absolute Gasteiger partial charge is 0.237 e. The molecular weight excluding hydrogens is 200 g/mol. The van der Waals surface area contributed by atoms with E-state index >= 15 is 0 Å². The van der Waals surface area contributed by atoms with Gasteiger partial charge in [0.15, 0.2) is 0 Å². The monoisotopic (exact) mass is 218 g/mol. The van der Waals surface area contributed by atoms with Crippen molar-refractivity contribution in [2.45, 2.75) is 25.4 Å². The number of hydrogen-bond donors (Lipinski definition) is 1. The molecule has 1 atom stereocenters. The molecule has 1 aliphatic heterocycles. The Labute approximate surface area is 96.5 Å². The van der Waals surface area contributed by atoms with Gasteiger partial charge in [0, 0.05) is 13.6 Å². The van der Waals surface area contributed by atoms with Crippen molar-refractivity contribution in [2.24, 2.45) is 0 Å². The van der Waals surface area contributed by atoms with Crippen LogP contribution in [-0.2, 0) is 11.3 Å². The molecule has 3 heteroatoms. The summed E-state index contributed by atoms with van der Waals surface area (Å²) >= 11 is 0. The maximum atomic E-state index is 11.7. The third-order valence-electron chi connectivity index (χ3n) is 3.14. The lowest BCUT2D eigenvalue weighted by Gasteiger charge is -2.22. The molecule has 1 heterocycles. The molecule has 0 radical (unpaired) electrons. The number of benzene rings is 1. The predicted octanol–water partition coefficient (Wildman–Crippen LogP) is 1.40. The Morgan fingerprint density at radius 1 is 1.44 bits per heavy atom. The van der Waals surface area contributed by atoms with Gasteiger partial charge in [0.1, 0.15) is 0 Å². The van der Waals surface area contributed by atoms with Gasteiger partial charge in [0.05, 0.1) is 6.04 Å². The van der Waals surface area contributed by atoms with Gasteiger partial charge >= 0.3 is 0 Å². The largest absolute Gasteiger partial charge is 0.358 e. The first-order valence-corrected chi connectivity index (χ1v) is 5.81. The number of carbonyl (C=O) groups is 1. The van der Waals surface area contributed by atoms with Crippen LogP contribution in [-0.4, -0.2) is 30.4 Å². The fourth-order valence-corrected chi connectivity index (χ4v) is 2.30. The molecule has 0 aliphatic carbocycles. The summed E-state index contributed by atoms with van der Waals surface area (Å²) in [7, 11) is 1.71. The summed E-state index contributed by atoms with van der Waals surface area (Å²) in [5.74, 6) is 0.147. The molecule has 0 spiro atoms. The van der Waals surface area contributed by atoms with Crippen LogP contribution < -0.4 is 5.32 Å². The van der Waals surface area contributed by atoms with Crippen LogP contribution in [0.1, 0.15) is 18.4 Å². The maximum Gasteiger partial charge on any atom is 0.237 e. The van der Waals surface area contributed by atoms with Crippen LogP contribution in [0, 0.1) is 0 Å². The van der Waals surface area contributed by atoms with E-state index in [-0.39, 0.29) is 11.9 Å². The minimum absolute atomic E-state index is 0.0604. The molecular formula is C13H18N2O. The Bertz CT molecular complexity index is 350. The van der Waals surface area contributed by atoms with Crippen LogP contribution in [0.15, 0.2) is 30.3 Å². The van der Waals surface area contributed by atoms with Gasteiger partial charge in [-0.15, -0.1) is 0 Å². The van der Waals surface area contributed by atoms with E-state index in [1.807, 2.05) is 18.2 Å². The molecule has 86 valence electrons. The van der Waals surface area contributed by atoms with E-state index in [1.165, 1.54) is 5.56 Å². The van der Waals surface area contributed by atoms with E-state index in [2.05, 4.69) is 22.3 Å². The normalized spacial score (nSPS) is 20.9. The Balaban J connectivity index is 2.01. The zero-order chi connectivity index (χ0) is 11.4. The zero-order valence-electron chi connectivity index (χ0n) is 9.65. The molecule has 0 saturated carbocycles. The molecule has 0 unspecified atom stereocenters. The van der Waals surface area contributed by atoms with Gasteiger partial charge in [-0.2, -0.15) is 0 Å². The van der Waals surface area contributed by atoms with Crippen molar-refractivity contribution in [3.63, 3.8) is 0 Å². The Kier molecular flexibility index (Phi) is 3.57. The van der Waals surface area contributed by atoms with E-state index in [0.29, 0.717) is 0 Å². The van der Waals surface area contributed by atoms with Crippen LogP contribution in [0.2, 0.25) is 0 Å². The Morgan fingerprint density at radius 3 is 2.88 bits per heavy atom. The Morgan fingerprint density at radius 2 is 2.19 bits per heavy atom. The third kappa shape index (κ3) is 2.42. The van der Waals surface area contributed by atoms with Crippen molar-refractivity contribution in [2.75, 3.05) is 13.6 Å². The first-order valence-electron chi connectivity index (χ1n) is 5.81. The second-order valence-electron chi connectivity index (χ2n) is 4.23.